The average molecular weight is 184 g/mol. The van der Waals surface area contributed by atoms with Crippen molar-refractivity contribution >= 4 is 0 Å². The highest BCUT2D eigenvalue weighted by molar-refractivity contribution is 5.06. The molecule has 0 aromatic heterocycles. The highest BCUT2D eigenvalue weighted by Crippen LogP contribution is 2.46. The molecule has 2 N–H and O–H groups in total. The van der Waals surface area contributed by atoms with E-state index < -0.39 is 0 Å². The molecule has 1 aliphatic rings. The third kappa shape index (κ3) is 1.50. The first-order chi connectivity index (χ1) is 5.95. The molecule has 0 radical (unpaired) electrons. The molecule has 2 nitrogen and oxygen atoms in total. The van der Waals surface area contributed by atoms with Crippen LogP contribution in [0.1, 0.15) is 34.1 Å². The van der Waals surface area contributed by atoms with Crippen molar-refractivity contribution in [1.82, 2.24) is 4.90 Å². The minimum atomic E-state index is 0.285. The van der Waals surface area contributed by atoms with E-state index in [4.69, 9.17) is 5.73 Å². The first-order valence-corrected chi connectivity index (χ1v) is 5.38. The fourth-order valence-corrected chi connectivity index (χ4v) is 2.68. The van der Waals surface area contributed by atoms with E-state index in [-0.39, 0.29) is 5.54 Å². The summed E-state index contributed by atoms with van der Waals surface area (Å²) in [6.07, 6.45) is 1.26. The maximum atomic E-state index is 5.92. The van der Waals surface area contributed by atoms with Crippen molar-refractivity contribution in [1.29, 1.82) is 0 Å². The van der Waals surface area contributed by atoms with Gasteiger partial charge in [0.1, 0.15) is 0 Å². The first kappa shape index (κ1) is 11.0. The van der Waals surface area contributed by atoms with Crippen LogP contribution in [0.2, 0.25) is 0 Å². The Bertz CT molecular complexity index is 179. The molecule has 0 amide bonds. The summed E-state index contributed by atoms with van der Waals surface area (Å²) in [5.74, 6) is 1.58. The standard InChI is InChI=1S/C11H24N2/c1-8(2)13(5)11(7-12)6-9(3)10(11)4/h8-10H,6-7,12H2,1-5H3. The van der Waals surface area contributed by atoms with Gasteiger partial charge in [0.15, 0.2) is 0 Å². The van der Waals surface area contributed by atoms with Crippen LogP contribution in [0, 0.1) is 11.8 Å². The minimum Gasteiger partial charge on any atom is -0.329 e. The van der Waals surface area contributed by atoms with Crippen molar-refractivity contribution in [3.05, 3.63) is 0 Å². The fourth-order valence-electron chi connectivity index (χ4n) is 2.68. The van der Waals surface area contributed by atoms with Gasteiger partial charge in [-0.05, 0) is 39.2 Å². The summed E-state index contributed by atoms with van der Waals surface area (Å²) >= 11 is 0. The van der Waals surface area contributed by atoms with Gasteiger partial charge in [0.25, 0.3) is 0 Å². The summed E-state index contributed by atoms with van der Waals surface area (Å²) in [6, 6.07) is 0.596. The van der Waals surface area contributed by atoms with Crippen LogP contribution >= 0.6 is 0 Å². The van der Waals surface area contributed by atoms with Gasteiger partial charge in [0, 0.05) is 18.1 Å². The molecule has 0 heterocycles. The third-order valence-electron chi connectivity index (χ3n) is 4.21. The van der Waals surface area contributed by atoms with E-state index >= 15 is 0 Å². The van der Waals surface area contributed by atoms with E-state index in [1.54, 1.807) is 0 Å². The Morgan fingerprint density at radius 2 is 2.00 bits per heavy atom. The Kier molecular flexibility index (Phi) is 3.03. The van der Waals surface area contributed by atoms with Crippen LogP contribution in [0.25, 0.3) is 0 Å². The van der Waals surface area contributed by atoms with Crippen LogP contribution in [0.4, 0.5) is 0 Å². The van der Waals surface area contributed by atoms with Crippen molar-refractivity contribution in [2.45, 2.75) is 45.7 Å². The molecular formula is C11H24N2. The van der Waals surface area contributed by atoms with E-state index in [1.807, 2.05) is 0 Å². The van der Waals surface area contributed by atoms with Crippen LogP contribution in [-0.2, 0) is 0 Å². The Morgan fingerprint density at radius 3 is 2.23 bits per heavy atom. The maximum absolute atomic E-state index is 5.92. The van der Waals surface area contributed by atoms with E-state index in [0.29, 0.717) is 6.04 Å². The van der Waals surface area contributed by atoms with Gasteiger partial charge in [-0.25, -0.2) is 0 Å². The van der Waals surface area contributed by atoms with Gasteiger partial charge in [0.2, 0.25) is 0 Å². The summed E-state index contributed by atoms with van der Waals surface area (Å²) in [6.45, 7) is 9.94. The number of nitrogens with zero attached hydrogens (tertiary/aromatic N) is 1. The quantitative estimate of drug-likeness (QED) is 0.723. The topological polar surface area (TPSA) is 29.3 Å². The van der Waals surface area contributed by atoms with Gasteiger partial charge >= 0.3 is 0 Å². The first-order valence-electron chi connectivity index (χ1n) is 5.38. The molecule has 0 aromatic rings. The van der Waals surface area contributed by atoms with Gasteiger partial charge in [-0.1, -0.05) is 13.8 Å². The molecule has 1 fully saturated rings. The third-order valence-corrected chi connectivity index (χ3v) is 4.21. The van der Waals surface area contributed by atoms with Crippen LogP contribution in [0.5, 0.6) is 0 Å². The van der Waals surface area contributed by atoms with Gasteiger partial charge in [0.05, 0.1) is 0 Å². The summed E-state index contributed by atoms with van der Waals surface area (Å²) in [5.41, 5.74) is 6.20. The van der Waals surface area contributed by atoms with Gasteiger partial charge in [-0.2, -0.15) is 0 Å². The van der Waals surface area contributed by atoms with Crippen molar-refractivity contribution in [3.8, 4) is 0 Å². The second kappa shape index (κ2) is 3.58. The predicted molar refractivity (Wildman–Crippen MR) is 57.6 cm³/mol. The van der Waals surface area contributed by atoms with Crippen molar-refractivity contribution in [2.75, 3.05) is 13.6 Å². The molecule has 1 aliphatic carbocycles. The second-order valence-electron chi connectivity index (χ2n) is 4.98. The molecule has 0 aliphatic heterocycles. The average Bonchev–Trinajstić information content (AvgIpc) is 2.11. The Hall–Kier alpha value is -0.0800. The van der Waals surface area contributed by atoms with Crippen LogP contribution in [-0.4, -0.2) is 30.1 Å². The lowest BCUT2D eigenvalue weighted by atomic mass is 9.59. The number of nitrogens with two attached hydrogens (primary N) is 1. The molecule has 13 heavy (non-hydrogen) atoms. The molecule has 2 heteroatoms. The van der Waals surface area contributed by atoms with Gasteiger partial charge in [-0.3, -0.25) is 4.90 Å². The highest BCUT2D eigenvalue weighted by Gasteiger charge is 2.51. The molecule has 3 unspecified atom stereocenters. The molecule has 0 bridgehead atoms. The Labute approximate surface area is 82.5 Å². The van der Waals surface area contributed by atoms with Gasteiger partial charge in [-0.15, -0.1) is 0 Å². The molecule has 0 saturated heterocycles. The summed E-state index contributed by atoms with van der Waals surface area (Å²) in [5, 5.41) is 0. The number of hydrogen-bond donors (Lipinski definition) is 1. The van der Waals surface area contributed by atoms with E-state index in [9.17, 15) is 0 Å². The monoisotopic (exact) mass is 184 g/mol. The predicted octanol–water partition coefficient (Wildman–Crippen LogP) is 1.70. The number of rotatable bonds is 3. The van der Waals surface area contributed by atoms with Crippen LogP contribution in [0.3, 0.4) is 0 Å². The molecular weight excluding hydrogens is 160 g/mol. The summed E-state index contributed by atoms with van der Waals surface area (Å²) in [4.78, 5) is 2.46. The maximum Gasteiger partial charge on any atom is 0.0362 e. The zero-order valence-corrected chi connectivity index (χ0v) is 9.67. The second-order valence-corrected chi connectivity index (χ2v) is 4.98. The molecule has 3 atom stereocenters. The normalized spacial score (nSPS) is 39.7. The zero-order chi connectivity index (χ0) is 10.2. The Balaban J connectivity index is 2.72. The molecule has 0 aromatic carbocycles. The smallest absolute Gasteiger partial charge is 0.0362 e. The van der Waals surface area contributed by atoms with E-state index in [1.165, 1.54) is 6.42 Å². The highest BCUT2D eigenvalue weighted by atomic mass is 15.2. The lowest BCUT2D eigenvalue weighted by Gasteiger charge is -2.58. The summed E-state index contributed by atoms with van der Waals surface area (Å²) in [7, 11) is 2.21. The van der Waals surface area contributed by atoms with Crippen LogP contribution in [0.15, 0.2) is 0 Å². The van der Waals surface area contributed by atoms with Crippen molar-refractivity contribution in [3.63, 3.8) is 0 Å². The lowest BCUT2D eigenvalue weighted by molar-refractivity contribution is -0.0717. The SMILES string of the molecule is CC1CC(CN)(N(C)C(C)C)C1C. The van der Waals surface area contributed by atoms with Crippen molar-refractivity contribution < 1.29 is 0 Å². The van der Waals surface area contributed by atoms with E-state index in [2.05, 4.69) is 39.6 Å². The number of hydrogen-bond acceptors (Lipinski definition) is 2. The molecule has 78 valence electrons. The largest absolute Gasteiger partial charge is 0.329 e. The van der Waals surface area contributed by atoms with Crippen molar-refractivity contribution in [2.24, 2.45) is 17.6 Å². The summed E-state index contributed by atoms with van der Waals surface area (Å²) < 4.78 is 0. The minimum absolute atomic E-state index is 0.285. The lowest BCUT2D eigenvalue weighted by Crippen LogP contribution is -2.67. The Morgan fingerprint density at radius 1 is 1.46 bits per heavy atom. The molecule has 1 rings (SSSR count). The molecule has 1 saturated carbocycles. The number of likely N-dealkylation sites (N-methyl/N-ethyl adjacent to an activating group) is 1. The van der Waals surface area contributed by atoms with Crippen LogP contribution < -0.4 is 5.73 Å². The fraction of sp³-hybridized carbons (Fsp3) is 1.00. The van der Waals surface area contributed by atoms with E-state index in [0.717, 1.165) is 18.4 Å². The zero-order valence-electron chi connectivity index (χ0n) is 9.67. The molecule has 0 spiro atoms. The van der Waals surface area contributed by atoms with Gasteiger partial charge < -0.3 is 5.73 Å².